The van der Waals surface area contributed by atoms with Crippen molar-refractivity contribution in [2.45, 2.75) is 19.5 Å². The second-order valence-electron chi connectivity index (χ2n) is 4.44. The topological polar surface area (TPSA) is 39.1 Å². The molecule has 0 saturated carbocycles. The highest BCUT2D eigenvalue weighted by atomic mass is 19.1. The van der Waals surface area contributed by atoms with E-state index < -0.39 is 0 Å². The van der Waals surface area contributed by atoms with Crippen LogP contribution in [0.25, 0.3) is 0 Å². The maximum atomic E-state index is 13.2. The summed E-state index contributed by atoms with van der Waals surface area (Å²) in [5.74, 6) is -0.276. The summed E-state index contributed by atoms with van der Waals surface area (Å²) in [4.78, 5) is 2.27. The number of nitrogens with one attached hydrogen (secondary N) is 1. The van der Waals surface area contributed by atoms with E-state index in [1.54, 1.807) is 6.07 Å². The predicted octanol–water partition coefficient (Wildman–Crippen LogP) is 1.49. The SMILES string of the molecule is C[C@@H]1CNCCN1Cc1cc(F)ccc1C#N. The third kappa shape index (κ3) is 2.82. The Balaban J connectivity index is 2.17. The van der Waals surface area contributed by atoms with Crippen LogP contribution in [0.3, 0.4) is 0 Å². The van der Waals surface area contributed by atoms with Gasteiger partial charge in [0.15, 0.2) is 0 Å². The first-order valence-corrected chi connectivity index (χ1v) is 5.84. The molecular weight excluding hydrogens is 217 g/mol. The summed E-state index contributed by atoms with van der Waals surface area (Å²) in [5, 5.41) is 12.3. The van der Waals surface area contributed by atoms with Gasteiger partial charge in [0, 0.05) is 32.2 Å². The zero-order valence-corrected chi connectivity index (χ0v) is 9.91. The Kier molecular flexibility index (Phi) is 3.72. The van der Waals surface area contributed by atoms with Crippen LogP contribution in [-0.4, -0.2) is 30.6 Å². The summed E-state index contributed by atoms with van der Waals surface area (Å²) in [5.41, 5.74) is 1.35. The average molecular weight is 233 g/mol. The summed E-state index contributed by atoms with van der Waals surface area (Å²) in [6, 6.07) is 6.89. The lowest BCUT2D eigenvalue weighted by atomic mass is 10.1. The van der Waals surface area contributed by atoms with E-state index in [1.807, 2.05) is 0 Å². The van der Waals surface area contributed by atoms with Crippen molar-refractivity contribution in [3.8, 4) is 6.07 Å². The molecule has 0 aliphatic carbocycles. The number of hydrogen-bond acceptors (Lipinski definition) is 3. The Morgan fingerprint density at radius 2 is 2.41 bits per heavy atom. The van der Waals surface area contributed by atoms with Crippen molar-refractivity contribution in [2.75, 3.05) is 19.6 Å². The Hall–Kier alpha value is -1.44. The summed E-state index contributed by atoms with van der Waals surface area (Å²) >= 11 is 0. The zero-order valence-electron chi connectivity index (χ0n) is 9.91. The molecule has 17 heavy (non-hydrogen) atoms. The number of nitriles is 1. The van der Waals surface area contributed by atoms with Crippen molar-refractivity contribution in [3.63, 3.8) is 0 Å². The monoisotopic (exact) mass is 233 g/mol. The van der Waals surface area contributed by atoms with Gasteiger partial charge in [-0.25, -0.2) is 4.39 Å². The highest BCUT2D eigenvalue weighted by molar-refractivity contribution is 5.37. The molecule has 3 nitrogen and oxygen atoms in total. The van der Waals surface area contributed by atoms with Gasteiger partial charge in [-0.3, -0.25) is 4.90 Å². The van der Waals surface area contributed by atoms with Crippen molar-refractivity contribution in [3.05, 3.63) is 35.1 Å². The zero-order chi connectivity index (χ0) is 12.3. The number of benzene rings is 1. The van der Waals surface area contributed by atoms with Gasteiger partial charge >= 0.3 is 0 Å². The van der Waals surface area contributed by atoms with Gasteiger partial charge in [-0.05, 0) is 30.7 Å². The molecule has 0 radical (unpaired) electrons. The van der Waals surface area contributed by atoms with E-state index in [4.69, 9.17) is 5.26 Å². The van der Waals surface area contributed by atoms with E-state index >= 15 is 0 Å². The van der Waals surface area contributed by atoms with Gasteiger partial charge in [0.2, 0.25) is 0 Å². The molecule has 0 spiro atoms. The van der Waals surface area contributed by atoms with Gasteiger partial charge < -0.3 is 5.32 Å². The quantitative estimate of drug-likeness (QED) is 0.841. The summed E-state index contributed by atoms with van der Waals surface area (Å²) in [7, 11) is 0. The fourth-order valence-electron chi connectivity index (χ4n) is 2.14. The molecule has 0 amide bonds. The first kappa shape index (κ1) is 12.0. The molecule has 1 aliphatic heterocycles. The molecule has 1 aromatic rings. The number of halogens is 1. The lowest BCUT2D eigenvalue weighted by Gasteiger charge is -2.34. The van der Waals surface area contributed by atoms with Crippen molar-refractivity contribution >= 4 is 0 Å². The van der Waals surface area contributed by atoms with Crippen molar-refractivity contribution in [1.82, 2.24) is 10.2 Å². The van der Waals surface area contributed by atoms with E-state index in [-0.39, 0.29) is 5.82 Å². The van der Waals surface area contributed by atoms with E-state index in [0.717, 1.165) is 25.2 Å². The molecule has 0 aromatic heterocycles. The predicted molar refractivity (Wildman–Crippen MR) is 63.9 cm³/mol. The summed E-state index contributed by atoms with van der Waals surface area (Å²) < 4.78 is 13.2. The Morgan fingerprint density at radius 1 is 1.59 bits per heavy atom. The Morgan fingerprint density at radius 3 is 3.12 bits per heavy atom. The molecule has 1 aliphatic rings. The Labute approximate surface area is 101 Å². The molecule has 4 heteroatoms. The van der Waals surface area contributed by atoms with Crippen LogP contribution in [0.5, 0.6) is 0 Å². The minimum atomic E-state index is -0.276. The van der Waals surface area contributed by atoms with Crippen molar-refractivity contribution < 1.29 is 4.39 Å². The van der Waals surface area contributed by atoms with Crippen LogP contribution in [0, 0.1) is 17.1 Å². The number of nitrogens with zero attached hydrogens (tertiary/aromatic N) is 2. The summed E-state index contributed by atoms with van der Waals surface area (Å²) in [6.45, 7) is 5.60. The Bertz CT molecular complexity index is 439. The van der Waals surface area contributed by atoms with Crippen LogP contribution in [0.15, 0.2) is 18.2 Å². The second-order valence-corrected chi connectivity index (χ2v) is 4.44. The van der Waals surface area contributed by atoms with Crippen molar-refractivity contribution in [1.29, 1.82) is 5.26 Å². The van der Waals surface area contributed by atoms with Gasteiger partial charge in [0.1, 0.15) is 5.82 Å². The van der Waals surface area contributed by atoms with Gasteiger partial charge in [-0.1, -0.05) is 0 Å². The van der Waals surface area contributed by atoms with E-state index in [2.05, 4.69) is 23.2 Å². The molecule has 1 N–H and O–H groups in total. The maximum Gasteiger partial charge on any atom is 0.123 e. The minimum absolute atomic E-state index is 0.276. The largest absolute Gasteiger partial charge is 0.314 e. The van der Waals surface area contributed by atoms with Crippen LogP contribution in [-0.2, 0) is 6.54 Å². The van der Waals surface area contributed by atoms with E-state index in [9.17, 15) is 4.39 Å². The molecule has 1 heterocycles. The highest BCUT2D eigenvalue weighted by Crippen LogP contribution is 2.15. The first-order chi connectivity index (χ1) is 8.20. The van der Waals surface area contributed by atoms with Crippen LogP contribution >= 0.6 is 0 Å². The number of hydrogen-bond donors (Lipinski definition) is 1. The first-order valence-electron chi connectivity index (χ1n) is 5.84. The van der Waals surface area contributed by atoms with Gasteiger partial charge in [0.25, 0.3) is 0 Å². The normalized spacial score (nSPS) is 21.1. The molecule has 0 bridgehead atoms. The number of rotatable bonds is 2. The molecule has 90 valence electrons. The van der Waals surface area contributed by atoms with Crippen LogP contribution in [0.1, 0.15) is 18.1 Å². The van der Waals surface area contributed by atoms with E-state index in [0.29, 0.717) is 18.2 Å². The fourth-order valence-corrected chi connectivity index (χ4v) is 2.14. The third-order valence-electron chi connectivity index (χ3n) is 3.20. The molecular formula is C13H16FN3. The molecule has 1 aromatic carbocycles. The second kappa shape index (κ2) is 5.26. The molecule has 0 unspecified atom stereocenters. The van der Waals surface area contributed by atoms with Gasteiger partial charge in [-0.2, -0.15) is 5.26 Å². The third-order valence-corrected chi connectivity index (χ3v) is 3.20. The standard InChI is InChI=1S/C13H16FN3/c1-10-8-16-4-5-17(10)9-12-6-13(14)3-2-11(12)7-15/h2-3,6,10,16H,4-5,8-9H2,1H3/t10-/m1/s1. The summed E-state index contributed by atoms with van der Waals surface area (Å²) in [6.07, 6.45) is 0. The molecule has 1 saturated heterocycles. The maximum absolute atomic E-state index is 13.2. The van der Waals surface area contributed by atoms with Gasteiger partial charge in [-0.15, -0.1) is 0 Å². The van der Waals surface area contributed by atoms with Crippen LogP contribution in [0.2, 0.25) is 0 Å². The average Bonchev–Trinajstić information content (AvgIpc) is 2.32. The van der Waals surface area contributed by atoms with Crippen LogP contribution in [0.4, 0.5) is 4.39 Å². The smallest absolute Gasteiger partial charge is 0.123 e. The van der Waals surface area contributed by atoms with Crippen molar-refractivity contribution in [2.24, 2.45) is 0 Å². The van der Waals surface area contributed by atoms with Gasteiger partial charge in [0.05, 0.1) is 11.6 Å². The lowest BCUT2D eigenvalue weighted by molar-refractivity contribution is 0.165. The van der Waals surface area contributed by atoms with E-state index in [1.165, 1.54) is 12.1 Å². The fraction of sp³-hybridized carbons (Fsp3) is 0.462. The minimum Gasteiger partial charge on any atom is -0.314 e. The molecule has 1 fully saturated rings. The molecule has 2 rings (SSSR count). The lowest BCUT2D eigenvalue weighted by Crippen LogP contribution is -2.49. The highest BCUT2D eigenvalue weighted by Gasteiger charge is 2.19. The molecule has 1 atom stereocenters. The van der Waals surface area contributed by atoms with Crippen LogP contribution < -0.4 is 5.32 Å². The number of piperazine rings is 1.